The number of carbonyl (C=O) groups excluding carboxylic acids is 1. The smallest absolute Gasteiger partial charge is 0.169 e. The van der Waals surface area contributed by atoms with Gasteiger partial charge in [0.25, 0.3) is 0 Å². The van der Waals surface area contributed by atoms with Gasteiger partial charge in [-0.25, -0.2) is 4.98 Å². The van der Waals surface area contributed by atoms with Gasteiger partial charge < -0.3 is 9.80 Å². The van der Waals surface area contributed by atoms with Gasteiger partial charge in [0.1, 0.15) is 10.6 Å². The SMILES string of the molecule is CC(=O)c1cc2ccc(N3CC(N(C)C)C(C)(C)C3)nc2s1. The summed E-state index contributed by atoms with van der Waals surface area (Å²) in [6.07, 6.45) is 0. The summed E-state index contributed by atoms with van der Waals surface area (Å²) in [5.41, 5.74) is 0.236. The summed E-state index contributed by atoms with van der Waals surface area (Å²) in [5, 5.41) is 1.06. The highest BCUT2D eigenvalue weighted by Crippen LogP contribution is 2.35. The van der Waals surface area contributed by atoms with Gasteiger partial charge in [0.05, 0.1) is 4.88 Å². The molecule has 0 spiro atoms. The first kappa shape index (κ1) is 15.4. The average Bonchev–Trinajstić information content (AvgIpc) is 2.98. The van der Waals surface area contributed by atoms with E-state index >= 15 is 0 Å². The topological polar surface area (TPSA) is 36.4 Å². The molecule has 1 unspecified atom stereocenters. The Morgan fingerprint density at radius 2 is 2.14 bits per heavy atom. The Labute approximate surface area is 135 Å². The van der Waals surface area contributed by atoms with Crippen molar-refractivity contribution in [2.75, 3.05) is 32.1 Å². The fourth-order valence-electron chi connectivity index (χ4n) is 3.41. The molecule has 0 amide bonds. The Morgan fingerprint density at radius 1 is 1.41 bits per heavy atom. The molecular weight excluding hydrogens is 294 g/mol. The summed E-state index contributed by atoms with van der Waals surface area (Å²) in [6.45, 7) is 8.23. The molecule has 1 fully saturated rings. The summed E-state index contributed by atoms with van der Waals surface area (Å²) in [5.74, 6) is 1.13. The second kappa shape index (κ2) is 5.32. The molecule has 0 N–H and O–H groups in total. The Hall–Kier alpha value is -1.46. The van der Waals surface area contributed by atoms with Crippen molar-refractivity contribution in [3.63, 3.8) is 0 Å². The van der Waals surface area contributed by atoms with Crippen LogP contribution in [0.25, 0.3) is 10.2 Å². The van der Waals surface area contributed by atoms with Crippen LogP contribution in [0.1, 0.15) is 30.4 Å². The third-order valence-electron chi connectivity index (χ3n) is 4.56. The Bertz CT molecular complexity index is 720. The number of pyridine rings is 1. The van der Waals surface area contributed by atoms with Crippen molar-refractivity contribution in [2.45, 2.75) is 26.8 Å². The lowest BCUT2D eigenvalue weighted by Crippen LogP contribution is -2.39. The van der Waals surface area contributed by atoms with Crippen LogP contribution >= 0.6 is 11.3 Å². The van der Waals surface area contributed by atoms with Crippen molar-refractivity contribution >= 4 is 33.2 Å². The highest BCUT2D eigenvalue weighted by atomic mass is 32.1. The van der Waals surface area contributed by atoms with Crippen LogP contribution in [0.3, 0.4) is 0 Å². The van der Waals surface area contributed by atoms with Gasteiger partial charge in [-0.3, -0.25) is 4.79 Å². The van der Waals surface area contributed by atoms with Crippen molar-refractivity contribution in [1.29, 1.82) is 0 Å². The highest BCUT2D eigenvalue weighted by molar-refractivity contribution is 7.20. The van der Waals surface area contributed by atoms with E-state index in [9.17, 15) is 4.79 Å². The van der Waals surface area contributed by atoms with Gasteiger partial charge in [-0.1, -0.05) is 13.8 Å². The maximum atomic E-state index is 11.5. The van der Waals surface area contributed by atoms with Crippen LogP contribution in [0.15, 0.2) is 18.2 Å². The molecule has 118 valence electrons. The number of likely N-dealkylation sites (N-methyl/N-ethyl adjacent to an activating group) is 1. The summed E-state index contributed by atoms with van der Waals surface area (Å²) in [4.78, 5) is 22.7. The molecule has 0 aliphatic carbocycles. The van der Waals surface area contributed by atoms with Gasteiger partial charge in [-0.2, -0.15) is 0 Å². The van der Waals surface area contributed by atoms with Crippen molar-refractivity contribution in [3.8, 4) is 0 Å². The van der Waals surface area contributed by atoms with E-state index in [1.54, 1.807) is 6.92 Å². The van der Waals surface area contributed by atoms with E-state index in [1.165, 1.54) is 11.3 Å². The van der Waals surface area contributed by atoms with Crippen molar-refractivity contribution < 1.29 is 4.79 Å². The van der Waals surface area contributed by atoms with Crippen LogP contribution in [-0.2, 0) is 0 Å². The lowest BCUT2D eigenvalue weighted by Gasteiger charge is -2.30. The summed E-state index contributed by atoms with van der Waals surface area (Å²) < 4.78 is 0. The van der Waals surface area contributed by atoms with Crippen LogP contribution in [-0.4, -0.2) is 48.9 Å². The molecule has 3 rings (SSSR count). The van der Waals surface area contributed by atoms with Crippen LogP contribution in [0.2, 0.25) is 0 Å². The number of hydrogen-bond donors (Lipinski definition) is 0. The first-order chi connectivity index (χ1) is 10.3. The van der Waals surface area contributed by atoms with Crippen LogP contribution in [0, 0.1) is 5.41 Å². The number of Topliss-reactive ketones (excluding diaryl/α,β-unsaturated/α-hetero) is 1. The normalized spacial score (nSPS) is 21.0. The molecule has 1 aliphatic rings. The number of rotatable bonds is 3. The minimum absolute atomic E-state index is 0.111. The minimum Gasteiger partial charge on any atom is -0.354 e. The molecular formula is C17H23N3OS. The predicted molar refractivity (Wildman–Crippen MR) is 93.1 cm³/mol. The quantitative estimate of drug-likeness (QED) is 0.814. The molecule has 2 aromatic rings. The van der Waals surface area contributed by atoms with E-state index < -0.39 is 0 Å². The van der Waals surface area contributed by atoms with Gasteiger partial charge >= 0.3 is 0 Å². The van der Waals surface area contributed by atoms with E-state index in [0.29, 0.717) is 6.04 Å². The van der Waals surface area contributed by atoms with Gasteiger partial charge in [0.15, 0.2) is 5.78 Å². The second-order valence-electron chi connectivity index (χ2n) is 7.08. The number of fused-ring (bicyclic) bond motifs is 1. The van der Waals surface area contributed by atoms with Crippen LogP contribution in [0.4, 0.5) is 5.82 Å². The zero-order valence-corrected chi connectivity index (χ0v) is 14.7. The van der Waals surface area contributed by atoms with E-state index in [0.717, 1.165) is 34.0 Å². The molecule has 0 aromatic carbocycles. The predicted octanol–water partition coefficient (Wildman–Crippen LogP) is 3.28. The van der Waals surface area contributed by atoms with E-state index in [4.69, 9.17) is 4.98 Å². The number of ketones is 1. The molecule has 0 radical (unpaired) electrons. The molecule has 1 atom stereocenters. The van der Waals surface area contributed by atoms with Crippen LogP contribution < -0.4 is 4.90 Å². The zero-order valence-electron chi connectivity index (χ0n) is 13.9. The average molecular weight is 317 g/mol. The van der Waals surface area contributed by atoms with Crippen molar-refractivity contribution in [3.05, 3.63) is 23.1 Å². The molecule has 1 aliphatic heterocycles. The number of anilines is 1. The molecule has 22 heavy (non-hydrogen) atoms. The summed E-state index contributed by atoms with van der Waals surface area (Å²) >= 11 is 1.49. The molecule has 5 heteroatoms. The van der Waals surface area contributed by atoms with Gasteiger partial charge in [0.2, 0.25) is 0 Å². The monoisotopic (exact) mass is 317 g/mol. The molecule has 1 saturated heterocycles. The molecule has 2 aromatic heterocycles. The minimum atomic E-state index is 0.111. The Morgan fingerprint density at radius 3 is 2.73 bits per heavy atom. The van der Waals surface area contributed by atoms with E-state index in [2.05, 4.69) is 49.9 Å². The molecule has 3 heterocycles. The Balaban J connectivity index is 1.92. The number of aromatic nitrogens is 1. The van der Waals surface area contributed by atoms with Gasteiger partial charge in [-0.15, -0.1) is 11.3 Å². The van der Waals surface area contributed by atoms with E-state index in [1.807, 2.05) is 6.07 Å². The maximum absolute atomic E-state index is 11.5. The van der Waals surface area contributed by atoms with Gasteiger partial charge in [0, 0.05) is 24.5 Å². The third-order valence-corrected chi connectivity index (χ3v) is 5.70. The number of nitrogens with zero attached hydrogens (tertiary/aromatic N) is 3. The van der Waals surface area contributed by atoms with Crippen molar-refractivity contribution in [1.82, 2.24) is 9.88 Å². The molecule has 0 bridgehead atoms. The van der Waals surface area contributed by atoms with Crippen molar-refractivity contribution in [2.24, 2.45) is 5.41 Å². The number of hydrogen-bond acceptors (Lipinski definition) is 5. The first-order valence-electron chi connectivity index (χ1n) is 7.61. The third kappa shape index (κ3) is 2.63. The Kier molecular flexibility index (Phi) is 3.73. The lowest BCUT2D eigenvalue weighted by molar-refractivity contribution is 0.102. The fourth-order valence-corrected chi connectivity index (χ4v) is 4.33. The fraction of sp³-hybridized carbons (Fsp3) is 0.529. The molecule has 0 saturated carbocycles. The first-order valence-corrected chi connectivity index (χ1v) is 8.42. The van der Waals surface area contributed by atoms with Gasteiger partial charge in [-0.05, 0) is 44.6 Å². The largest absolute Gasteiger partial charge is 0.354 e. The summed E-state index contributed by atoms with van der Waals surface area (Å²) in [7, 11) is 4.29. The molecule has 4 nitrogen and oxygen atoms in total. The zero-order chi connectivity index (χ0) is 16.1. The summed E-state index contributed by atoms with van der Waals surface area (Å²) in [6, 6.07) is 6.61. The standard InChI is InChI=1S/C17H23N3OS/c1-11(21)13-8-12-6-7-15(18-16(12)22-13)20-9-14(19(4)5)17(2,3)10-20/h6-8,14H,9-10H2,1-5H3. The lowest BCUT2D eigenvalue weighted by atomic mass is 9.87. The highest BCUT2D eigenvalue weighted by Gasteiger charge is 2.41. The van der Waals surface area contributed by atoms with E-state index in [-0.39, 0.29) is 11.2 Å². The van der Waals surface area contributed by atoms with Crippen LogP contribution in [0.5, 0.6) is 0 Å². The number of carbonyl (C=O) groups is 1. The number of thiophene rings is 1. The maximum Gasteiger partial charge on any atom is 0.169 e. The second-order valence-corrected chi connectivity index (χ2v) is 8.11.